The number of allylic oxidation sites excluding steroid dienone is 1. The molecule has 0 spiro atoms. The summed E-state index contributed by atoms with van der Waals surface area (Å²) in [5.74, 6) is 0.995. The minimum absolute atomic E-state index is 0.00845. The highest BCUT2D eigenvalue weighted by atomic mass is 16.5. The molecule has 1 aromatic rings. The number of phenols is 1. The van der Waals surface area contributed by atoms with Crippen LogP contribution in [0.2, 0.25) is 0 Å². The molecule has 0 amide bonds. The molecule has 0 bridgehead atoms. The van der Waals surface area contributed by atoms with Gasteiger partial charge < -0.3 is 9.84 Å². The molecule has 2 aliphatic rings. The number of rotatable bonds is 4. The monoisotopic (exact) mass is 328 g/mol. The quantitative estimate of drug-likeness (QED) is 0.787. The molecule has 3 heteroatoms. The van der Waals surface area contributed by atoms with Gasteiger partial charge in [0.05, 0.1) is 5.56 Å². The molecular weight excluding hydrogens is 300 g/mol. The maximum absolute atomic E-state index is 12.8. The summed E-state index contributed by atoms with van der Waals surface area (Å²) >= 11 is 0. The Labute approximate surface area is 144 Å². The molecule has 3 rings (SSSR count). The molecule has 0 saturated carbocycles. The fourth-order valence-electron chi connectivity index (χ4n) is 3.94. The van der Waals surface area contributed by atoms with Crippen molar-refractivity contribution in [2.24, 2.45) is 5.92 Å². The van der Waals surface area contributed by atoms with Crippen molar-refractivity contribution in [1.29, 1.82) is 0 Å². The SMILES string of the molecule is CCCCCc1cc(O)c2c(c1)OC(C)(C)C1=C2C(=O)[C@@H](C)CC1. The van der Waals surface area contributed by atoms with Crippen LogP contribution < -0.4 is 4.74 Å². The molecule has 1 atom stereocenters. The fraction of sp³-hybridized carbons (Fsp3) is 0.571. The van der Waals surface area contributed by atoms with Gasteiger partial charge in [-0.3, -0.25) is 4.79 Å². The molecule has 0 fully saturated rings. The lowest BCUT2D eigenvalue weighted by molar-refractivity contribution is -0.117. The van der Waals surface area contributed by atoms with Crippen LogP contribution in [-0.2, 0) is 11.2 Å². The van der Waals surface area contributed by atoms with E-state index in [-0.39, 0.29) is 17.5 Å². The Bertz CT molecular complexity index is 697. The van der Waals surface area contributed by atoms with Crippen LogP contribution in [0.4, 0.5) is 0 Å². The van der Waals surface area contributed by atoms with Crippen LogP contribution in [0, 0.1) is 5.92 Å². The number of fused-ring (bicyclic) bond motifs is 2. The number of ketones is 1. The van der Waals surface area contributed by atoms with E-state index in [1.807, 2.05) is 32.9 Å². The van der Waals surface area contributed by atoms with Crippen molar-refractivity contribution >= 4 is 11.4 Å². The van der Waals surface area contributed by atoms with Crippen LogP contribution in [0.15, 0.2) is 17.7 Å². The molecule has 1 heterocycles. The second kappa shape index (κ2) is 6.27. The van der Waals surface area contributed by atoms with Gasteiger partial charge in [0.2, 0.25) is 0 Å². The normalized spacial score (nSPS) is 22.0. The van der Waals surface area contributed by atoms with E-state index in [9.17, 15) is 9.90 Å². The van der Waals surface area contributed by atoms with Gasteiger partial charge in [-0.05, 0) is 62.8 Å². The number of hydrogen-bond donors (Lipinski definition) is 1. The lowest BCUT2D eigenvalue weighted by atomic mass is 9.73. The summed E-state index contributed by atoms with van der Waals surface area (Å²) in [7, 11) is 0. The van der Waals surface area contributed by atoms with E-state index in [2.05, 4.69) is 6.92 Å². The van der Waals surface area contributed by atoms with Gasteiger partial charge >= 0.3 is 0 Å². The summed E-state index contributed by atoms with van der Waals surface area (Å²) in [6, 6.07) is 3.83. The summed E-state index contributed by atoms with van der Waals surface area (Å²) in [6.07, 6.45) is 6.08. The van der Waals surface area contributed by atoms with Crippen molar-refractivity contribution in [3.05, 3.63) is 28.8 Å². The molecule has 3 nitrogen and oxygen atoms in total. The number of benzene rings is 1. The fourth-order valence-corrected chi connectivity index (χ4v) is 3.94. The molecule has 24 heavy (non-hydrogen) atoms. The molecule has 130 valence electrons. The highest BCUT2D eigenvalue weighted by Gasteiger charge is 2.42. The number of Topliss-reactive ketones (excluding diaryl/α,β-unsaturated/α-hetero) is 1. The van der Waals surface area contributed by atoms with Gasteiger partial charge in [-0.2, -0.15) is 0 Å². The van der Waals surface area contributed by atoms with Crippen LogP contribution >= 0.6 is 0 Å². The summed E-state index contributed by atoms with van der Waals surface area (Å²) in [4.78, 5) is 12.8. The molecule has 1 aliphatic heterocycles. The van der Waals surface area contributed by atoms with Crippen LogP contribution in [0.1, 0.15) is 70.9 Å². The molecule has 1 aromatic carbocycles. The van der Waals surface area contributed by atoms with Crippen molar-refractivity contribution in [1.82, 2.24) is 0 Å². The third kappa shape index (κ3) is 2.85. The number of aromatic hydroxyl groups is 1. The molecule has 0 saturated heterocycles. The minimum atomic E-state index is -0.493. The van der Waals surface area contributed by atoms with Crippen LogP contribution in [0.3, 0.4) is 0 Å². The van der Waals surface area contributed by atoms with Crippen LogP contribution in [0.5, 0.6) is 11.5 Å². The highest BCUT2D eigenvalue weighted by molar-refractivity contribution is 6.25. The Kier molecular flexibility index (Phi) is 4.46. The first-order chi connectivity index (χ1) is 11.3. The second-order valence-electron chi connectivity index (χ2n) is 7.72. The number of unbranched alkanes of at least 4 members (excludes halogenated alkanes) is 2. The molecule has 0 unspecified atom stereocenters. The van der Waals surface area contributed by atoms with Gasteiger partial charge in [0.15, 0.2) is 5.78 Å². The van der Waals surface area contributed by atoms with Crippen molar-refractivity contribution in [2.45, 2.75) is 71.8 Å². The average molecular weight is 328 g/mol. The van der Waals surface area contributed by atoms with Crippen molar-refractivity contribution < 1.29 is 14.6 Å². The third-order valence-electron chi connectivity index (χ3n) is 5.38. The first kappa shape index (κ1) is 17.1. The molecule has 0 radical (unpaired) electrons. The molecule has 0 aromatic heterocycles. The number of phenolic OH excluding ortho intramolecular Hbond substituents is 1. The number of carbonyl (C=O) groups is 1. The smallest absolute Gasteiger partial charge is 0.166 e. The predicted molar refractivity (Wildman–Crippen MR) is 96.4 cm³/mol. The van der Waals surface area contributed by atoms with Crippen LogP contribution in [-0.4, -0.2) is 16.5 Å². The molecular formula is C21H28O3. The lowest BCUT2D eigenvalue weighted by Crippen LogP contribution is -2.39. The number of aryl methyl sites for hydroxylation is 1. The van der Waals surface area contributed by atoms with Crippen molar-refractivity contribution in [2.75, 3.05) is 0 Å². The predicted octanol–water partition coefficient (Wildman–Crippen LogP) is 5.05. The Morgan fingerprint density at radius 3 is 2.75 bits per heavy atom. The van der Waals surface area contributed by atoms with E-state index in [0.717, 1.165) is 36.8 Å². The van der Waals surface area contributed by atoms with Crippen molar-refractivity contribution in [3.63, 3.8) is 0 Å². The van der Waals surface area contributed by atoms with E-state index in [4.69, 9.17) is 4.74 Å². The first-order valence-electron chi connectivity index (χ1n) is 9.18. The molecule has 1 N–H and O–H groups in total. The van der Waals surface area contributed by atoms with Gasteiger partial charge in [0.1, 0.15) is 17.1 Å². The zero-order chi connectivity index (χ0) is 17.5. The third-order valence-corrected chi connectivity index (χ3v) is 5.38. The summed E-state index contributed by atoms with van der Waals surface area (Å²) in [6.45, 7) is 8.20. The molecule has 1 aliphatic carbocycles. The van der Waals surface area contributed by atoms with Gasteiger partial charge in [-0.25, -0.2) is 0 Å². The minimum Gasteiger partial charge on any atom is -0.507 e. The first-order valence-corrected chi connectivity index (χ1v) is 9.18. The zero-order valence-electron chi connectivity index (χ0n) is 15.2. The van der Waals surface area contributed by atoms with E-state index in [0.29, 0.717) is 16.9 Å². The zero-order valence-corrected chi connectivity index (χ0v) is 15.2. The Morgan fingerprint density at radius 1 is 1.29 bits per heavy atom. The summed E-state index contributed by atoms with van der Waals surface area (Å²) in [5, 5.41) is 10.6. The number of hydrogen-bond acceptors (Lipinski definition) is 3. The van der Waals surface area contributed by atoms with Gasteiger partial charge in [-0.15, -0.1) is 0 Å². The Morgan fingerprint density at radius 2 is 2.04 bits per heavy atom. The Balaban J connectivity index is 2.08. The van der Waals surface area contributed by atoms with Crippen LogP contribution in [0.25, 0.3) is 5.57 Å². The maximum atomic E-state index is 12.8. The Hall–Kier alpha value is -1.77. The van der Waals surface area contributed by atoms with E-state index < -0.39 is 5.60 Å². The number of ether oxygens (including phenoxy) is 1. The largest absolute Gasteiger partial charge is 0.507 e. The van der Waals surface area contributed by atoms with E-state index in [1.165, 1.54) is 12.8 Å². The standard InChI is InChI=1S/C21H28O3/c1-5-6-7-8-14-11-16(22)19-17(12-14)24-21(3,4)15-10-9-13(2)20(23)18(15)19/h11-13,22H,5-10H2,1-4H3/t13-/m0/s1. The average Bonchev–Trinajstić information content (AvgIpc) is 2.50. The lowest BCUT2D eigenvalue weighted by Gasteiger charge is -2.40. The van der Waals surface area contributed by atoms with Crippen molar-refractivity contribution in [3.8, 4) is 11.5 Å². The van der Waals surface area contributed by atoms with Gasteiger partial charge in [0, 0.05) is 11.5 Å². The maximum Gasteiger partial charge on any atom is 0.166 e. The summed E-state index contributed by atoms with van der Waals surface area (Å²) in [5.41, 5.74) is 2.94. The van der Waals surface area contributed by atoms with E-state index >= 15 is 0 Å². The highest BCUT2D eigenvalue weighted by Crippen LogP contribution is 2.50. The van der Waals surface area contributed by atoms with Gasteiger partial charge in [-0.1, -0.05) is 26.7 Å². The summed E-state index contributed by atoms with van der Waals surface area (Å²) < 4.78 is 6.23. The van der Waals surface area contributed by atoms with E-state index in [1.54, 1.807) is 0 Å². The van der Waals surface area contributed by atoms with Gasteiger partial charge in [0.25, 0.3) is 0 Å². The second-order valence-corrected chi connectivity index (χ2v) is 7.72. The number of carbonyl (C=O) groups excluding carboxylic acids is 1. The topological polar surface area (TPSA) is 46.5 Å².